The summed E-state index contributed by atoms with van der Waals surface area (Å²) in [6.45, 7) is 2.38. The predicted octanol–water partition coefficient (Wildman–Crippen LogP) is 2.05. The number of hydrogen-bond donors (Lipinski definition) is 2. The zero-order valence-electron chi connectivity index (χ0n) is 8.84. The van der Waals surface area contributed by atoms with Crippen LogP contribution in [0.5, 0.6) is 0 Å². The summed E-state index contributed by atoms with van der Waals surface area (Å²) in [6.07, 6.45) is 1.13. The first kappa shape index (κ1) is 13.8. The zero-order valence-corrected chi connectivity index (χ0v) is 8.84. The van der Waals surface area contributed by atoms with Gasteiger partial charge in [-0.2, -0.15) is 0 Å². The zero-order chi connectivity index (χ0) is 11.2. The van der Waals surface area contributed by atoms with Gasteiger partial charge in [-0.3, -0.25) is 0 Å². The summed E-state index contributed by atoms with van der Waals surface area (Å²) in [5.74, 6) is -5.02. The molecule has 2 N–H and O–H groups in total. The summed E-state index contributed by atoms with van der Waals surface area (Å²) in [5, 5.41) is 17.7. The fourth-order valence-electron chi connectivity index (χ4n) is 1.61. The summed E-state index contributed by atoms with van der Waals surface area (Å²) in [5.41, 5.74) is 0. The highest BCUT2D eigenvalue weighted by molar-refractivity contribution is 4.83. The van der Waals surface area contributed by atoms with Gasteiger partial charge >= 0.3 is 0 Å². The molecule has 0 saturated heterocycles. The van der Waals surface area contributed by atoms with Crippen LogP contribution >= 0.6 is 0 Å². The smallest absolute Gasteiger partial charge is 0.258 e. The third kappa shape index (κ3) is 3.17. The Morgan fingerprint density at radius 2 is 1.57 bits per heavy atom. The highest BCUT2D eigenvalue weighted by atomic mass is 19.3. The van der Waals surface area contributed by atoms with Gasteiger partial charge in [-0.25, -0.2) is 8.78 Å². The lowest BCUT2D eigenvalue weighted by Crippen LogP contribution is -2.40. The highest BCUT2D eigenvalue weighted by Gasteiger charge is 2.44. The van der Waals surface area contributed by atoms with Crippen LogP contribution in [-0.2, 0) is 0 Å². The third-order valence-electron chi connectivity index (χ3n) is 2.66. The Balaban J connectivity index is 4.51. The summed E-state index contributed by atoms with van der Waals surface area (Å²) in [7, 11) is 0. The van der Waals surface area contributed by atoms with E-state index in [-0.39, 0.29) is 6.42 Å². The van der Waals surface area contributed by atoms with Gasteiger partial charge in [0.1, 0.15) is 0 Å². The average molecular weight is 210 g/mol. The van der Waals surface area contributed by atoms with E-state index in [4.69, 9.17) is 10.2 Å². The number of alkyl halides is 2. The van der Waals surface area contributed by atoms with Crippen LogP contribution in [0, 0.1) is 11.8 Å². The van der Waals surface area contributed by atoms with E-state index in [1.165, 1.54) is 0 Å². The van der Waals surface area contributed by atoms with Gasteiger partial charge in [0.05, 0.1) is 13.2 Å². The lowest BCUT2D eigenvalue weighted by Gasteiger charge is -2.31. The number of rotatable bonds is 7. The SMILES string of the molecule is CCCC(CO)C(F)(F)C(CC)CO. The molecule has 0 heterocycles. The minimum atomic E-state index is -2.96. The molecule has 86 valence electrons. The normalized spacial score (nSPS) is 16.7. The summed E-state index contributed by atoms with van der Waals surface area (Å²) in [4.78, 5) is 0. The van der Waals surface area contributed by atoms with Crippen LogP contribution in [-0.4, -0.2) is 29.3 Å². The molecule has 0 saturated carbocycles. The van der Waals surface area contributed by atoms with Gasteiger partial charge in [-0.15, -0.1) is 0 Å². The second-order valence-corrected chi connectivity index (χ2v) is 3.63. The minimum absolute atomic E-state index is 0.226. The largest absolute Gasteiger partial charge is 0.396 e. The molecule has 2 atom stereocenters. The van der Waals surface area contributed by atoms with E-state index in [9.17, 15) is 8.78 Å². The van der Waals surface area contributed by atoms with Crippen molar-refractivity contribution in [1.82, 2.24) is 0 Å². The summed E-state index contributed by atoms with van der Waals surface area (Å²) >= 11 is 0. The molecule has 0 rings (SSSR count). The van der Waals surface area contributed by atoms with Gasteiger partial charge in [-0.05, 0) is 12.8 Å². The van der Waals surface area contributed by atoms with Gasteiger partial charge in [0.15, 0.2) is 0 Å². The molecule has 0 aromatic carbocycles. The standard InChI is InChI=1S/C10H20F2O2/c1-3-5-9(7-14)10(11,12)8(4-2)6-13/h8-9,13-14H,3-7H2,1-2H3. The van der Waals surface area contributed by atoms with Gasteiger partial charge in [0.25, 0.3) is 5.92 Å². The highest BCUT2D eigenvalue weighted by Crippen LogP contribution is 2.36. The van der Waals surface area contributed by atoms with Crippen LogP contribution in [0.15, 0.2) is 0 Å². The second kappa shape index (κ2) is 6.30. The van der Waals surface area contributed by atoms with E-state index in [1.54, 1.807) is 13.8 Å². The molecule has 0 spiro atoms. The molecule has 0 radical (unpaired) electrons. The topological polar surface area (TPSA) is 40.5 Å². The second-order valence-electron chi connectivity index (χ2n) is 3.63. The molecule has 2 nitrogen and oxygen atoms in total. The molecular weight excluding hydrogens is 190 g/mol. The van der Waals surface area contributed by atoms with Crippen LogP contribution in [0.4, 0.5) is 8.78 Å². The van der Waals surface area contributed by atoms with Gasteiger partial charge in [-0.1, -0.05) is 20.3 Å². The number of halogens is 2. The molecule has 4 heteroatoms. The van der Waals surface area contributed by atoms with Crippen molar-refractivity contribution in [1.29, 1.82) is 0 Å². The Bertz CT molecular complexity index is 147. The average Bonchev–Trinajstić information content (AvgIpc) is 2.15. The molecule has 0 aliphatic heterocycles. The maximum absolute atomic E-state index is 13.6. The molecule has 0 aromatic heterocycles. The van der Waals surface area contributed by atoms with Crippen molar-refractivity contribution in [2.75, 3.05) is 13.2 Å². The fraction of sp³-hybridized carbons (Fsp3) is 1.00. The van der Waals surface area contributed by atoms with Crippen LogP contribution in [0.1, 0.15) is 33.1 Å². The Morgan fingerprint density at radius 1 is 1.07 bits per heavy atom. The number of aliphatic hydroxyl groups is 2. The van der Waals surface area contributed by atoms with Crippen molar-refractivity contribution in [3.8, 4) is 0 Å². The third-order valence-corrected chi connectivity index (χ3v) is 2.66. The van der Waals surface area contributed by atoms with Crippen molar-refractivity contribution >= 4 is 0 Å². The van der Waals surface area contributed by atoms with Crippen LogP contribution in [0.25, 0.3) is 0 Å². The summed E-state index contributed by atoms with van der Waals surface area (Å²) in [6, 6.07) is 0. The lowest BCUT2D eigenvalue weighted by atomic mass is 9.86. The molecule has 14 heavy (non-hydrogen) atoms. The molecule has 2 unspecified atom stereocenters. The van der Waals surface area contributed by atoms with E-state index in [2.05, 4.69) is 0 Å². The summed E-state index contributed by atoms with van der Waals surface area (Å²) < 4.78 is 27.2. The van der Waals surface area contributed by atoms with Crippen LogP contribution in [0.2, 0.25) is 0 Å². The first-order valence-corrected chi connectivity index (χ1v) is 5.13. The maximum atomic E-state index is 13.6. The Kier molecular flexibility index (Phi) is 6.20. The van der Waals surface area contributed by atoms with Crippen LogP contribution in [0.3, 0.4) is 0 Å². The fourth-order valence-corrected chi connectivity index (χ4v) is 1.61. The van der Waals surface area contributed by atoms with Gasteiger partial charge in [0.2, 0.25) is 0 Å². The first-order chi connectivity index (χ1) is 6.54. The van der Waals surface area contributed by atoms with E-state index in [0.29, 0.717) is 12.8 Å². The molecule has 0 aromatic rings. The van der Waals surface area contributed by atoms with E-state index in [0.717, 1.165) is 0 Å². The predicted molar refractivity (Wildman–Crippen MR) is 51.3 cm³/mol. The monoisotopic (exact) mass is 210 g/mol. The van der Waals surface area contributed by atoms with E-state index >= 15 is 0 Å². The minimum Gasteiger partial charge on any atom is -0.396 e. The quantitative estimate of drug-likeness (QED) is 0.675. The van der Waals surface area contributed by atoms with Gasteiger partial charge < -0.3 is 10.2 Å². The molecule has 0 aliphatic carbocycles. The molecule has 0 bridgehead atoms. The number of hydrogen-bond acceptors (Lipinski definition) is 2. The van der Waals surface area contributed by atoms with Gasteiger partial charge in [0, 0.05) is 11.8 Å². The maximum Gasteiger partial charge on any atom is 0.258 e. The molecule has 0 amide bonds. The van der Waals surface area contributed by atoms with Crippen molar-refractivity contribution in [3.63, 3.8) is 0 Å². The van der Waals surface area contributed by atoms with Crippen molar-refractivity contribution in [2.24, 2.45) is 11.8 Å². The Hall–Kier alpha value is -0.220. The molecule has 0 fully saturated rings. The molecule has 0 aliphatic rings. The Morgan fingerprint density at radius 3 is 1.86 bits per heavy atom. The first-order valence-electron chi connectivity index (χ1n) is 5.13. The number of aliphatic hydroxyl groups excluding tert-OH is 2. The molecular formula is C10H20F2O2. The van der Waals surface area contributed by atoms with Crippen molar-refractivity contribution in [3.05, 3.63) is 0 Å². The van der Waals surface area contributed by atoms with E-state index < -0.39 is 31.0 Å². The van der Waals surface area contributed by atoms with Crippen molar-refractivity contribution < 1.29 is 19.0 Å². The Labute approximate surface area is 83.9 Å². The van der Waals surface area contributed by atoms with Crippen LogP contribution < -0.4 is 0 Å². The van der Waals surface area contributed by atoms with Crippen molar-refractivity contribution in [2.45, 2.75) is 39.0 Å². The lowest BCUT2D eigenvalue weighted by molar-refractivity contribution is -0.136. The van der Waals surface area contributed by atoms with E-state index in [1.807, 2.05) is 0 Å².